The van der Waals surface area contributed by atoms with E-state index < -0.39 is 69.7 Å². The molecule has 0 aliphatic carbocycles. The Labute approximate surface area is 283 Å². The monoisotopic (exact) mass is 719 g/mol. The summed E-state index contributed by atoms with van der Waals surface area (Å²) >= 11 is 1.63. The number of hydrogen-bond donors (Lipinski definition) is 1. The number of thiazole rings is 1. The van der Waals surface area contributed by atoms with Crippen molar-refractivity contribution in [3.05, 3.63) is 110 Å². The highest BCUT2D eigenvalue weighted by atomic mass is 32.2. The van der Waals surface area contributed by atoms with Crippen molar-refractivity contribution >= 4 is 52.2 Å². The number of fused-ring (bicyclic) bond motifs is 2. The van der Waals surface area contributed by atoms with Crippen LogP contribution in [0.1, 0.15) is 53.8 Å². The summed E-state index contributed by atoms with van der Waals surface area (Å²) in [6.45, 7) is 5.42. The van der Waals surface area contributed by atoms with E-state index in [0.29, 0.717) is 10.4 Å². The zero-order valence-electron chi connectivity index (χ0n) is 26.0. The number of anilines is 2. The van der Waals surface area contributed by atoms with Gasteiger partial charge in [-0.15, -0.1) is 0 Å². The predicted octanol–water partition coefficient (Wildman–Crippen LogP) is 7.68. The van der Waals surface area contributed by atoms with Gasteiger partial charge in [-0.05, 0) is 52.9 Å². The van der Waals surface area contributed by atoms with Crippen LogP contribution in [0.5, 0.6) is 0 Å². The third kappa shape index (κ3) is 6.53. The van der Waals surface area contributed by atoms with Gasteiger partial charge in [0.05, 0.1) is 27.8 Å². The Morgan fingerprint density at radius 2 is 1.41 bits per heavy atom. The van der Waals surface area contributed by atoms with Crippen molar-refractivity contribution in [2.24, 2.45) is 5.92 Å². The number of thioether (sulfide) groups is 1. The van der Waals surface area contributed by atoms with Gasteiger partial charge in [0.25, 0.3) is 0 Å². The minimum atomic E-state index is -4.73. The van der Waals surface area contributed by atoms with Crippen LogP contribution in [0.3, 0.4) is 0 Å². The first kappa shape index (κ1) is 34.5. The number of hydrogen-bond acceptors (Lipinski definition) is 6. The molecule has 1 N–H and O–H groups in total. The number of amides is 3. The molecule has 0 radical (unpaired) electrons. The average molecular weight is 720 g/mol. The molecule has 2 aliphatic heterocycles. The van der Waals surface area contributed by atoms with Crippen molar-refractivity contribution in [2.75, 3.05) is 10.2 Å². The lowest BCUT2D eigenvalue weighted by Crippen LogP contribution is -2.33. The van der Waals surface area contributed by atoms with Gasteiger partial charge < -0.3 is 5.32 Å². The summed E-state index contributed by atoms with van der Waals surface area (Å²) in [4.78, 5) is 55.0. The summed E-state index contributed by atoms with van der Waals surface area (Å²) in [5.41, 5.74) is -1.09. The fourth-order valence-corrected chi connectivity index (χ4v) is 8.77. The number of rotatable bonds is 5. The van der Waals surface area contributed by atoms with Gasteiger partial charge in [-0.2, -0.15) is 26.3 Å². The average Bonchev–Trinajstić information content (AvgIpc) is 3.46. The van der Waals surface area contributed by atoms with Crippen LogP contribution in [0.25, 0.3) is 0 Å². The van der Waals surface area contributed by atoms with Gasteiger partial charge in [-0.25, -0.2) is 4.90 Å². The molecule has 6 rings (SSSR count). The Bertz CT molecular complexity index is 2030. The number of nitrogens with one attached hydrogen (secondary N) is 1. The Morgan fingerprint density at radius 1 is 0.796 bits per heavy atom. The van der Waals surface area contributed by atoms with Crippen LogP contribution in [0.2, 0.25) is 0 Å². The first-order valence-electron chi connectivity index (χ1n) is 14.9. The third-order valence-corrected chi connectivity index (χ3v) is 11.0. The summed E-state index contributed by atoms with van der Waals surface area (Å²) in [7, 11) is 0. The summed E-state index contributed by atoms with van der Waals surface area (Å²) in [5.74, 6) is -4.28. The zero-order chi connectivity index (χ0) is 35.6. The van der Waals surface area contributed by atoms with E-state index in [0.717, 1.165) is 74.5 Å². The zero-order valence-corrected chi connectivity index (χ0v) is 27.6. The van der Waals surface area contributed by atoms with Crippen molar-refractivity contribution in [3.63, 3.8) is 0 Å². The van der Waals surface area contributed by atoms with Crippen LogP contribution in [0, 0.1) is 5.92 Å². The largest absolute Gasteiger partial charge is 0.416 e. The molecular weight excluding hydrogens is 693 g/mol. The Kier molecular flexibility index (Phi) is 8.58. The normalized spacial score (nSPS) is 19.5. The molecule has 7 nitrogen and oxygen atoms in total. The van der Waals surface area contributed by atoms with Crippen molar-refractivity contribution < 1.29 is 40.7 Å². The van der Waals surface area contributed by atoms with Crippen molar-refractivity contribution in [3.8, 4) is 0 Å². The number of benzene rings is 3. The van der Waals surface area contributed by atoms with Crippen LogP contribution in [-0.2, 0) is 38.7 Å². The quantitative estimate of drug-likeness (QED) is 0.169. The highest BCUT2D eigenvalue weighted by Crippen LogP contribution is 2.54. The van der Waals surface area contributed by atoms with Crippen molar-refractivity contribution in [1.29, 1.82) is 0 Å². The Hall–Kier alpha value is -4.37. The Balaban J connectivity index is 1.40. The lowest BCUT2D eigenvalue weighted by molar-refractivity contribution is -0.138. The van der Waals surface area contributed by atoms with Gasteiger partial charge in [0.2, 0.25) is 17.7 Å². The number of carbonyl (C=O) groups excluding carboxylic acids is 3. The van der Waals surface area contributed by atoms with E-state index in [4.69, 9.17) is 0 Å². The minimum Gasteiger partial charge on any atom is -0.325 e. The van der Waals surface area contributed by atoms with Gasteiger partial charge in [-0.1, -0.05) is 80.3 Å². The maximum atomic E-state index is 14.1. The van der Waals surface area contributed by atoms with E-state index in [-0.39, 0.29) is 21.8 Å². The lowest BCUT2D eigenvalue weighted by atomic mass is 9.81. The van der Waals surface area contributed by atoms with Gasteiger partial charge in [-0.3, -0.25) is 23.7 Å². The standard InChI is InChI=1S/C34H27F6N3O4S2/c1-32(2,3)18-12-10-17(11-13-18)24-25-26(29(46)43(28(25)45)22-9-5-7-20(15-22)34(38,39)40)48-30-27(24)49-31(47)42(30)16-23(44)41-21-8-4-6-19(14-21)33(35,36)37/h4-15,24-26H,16H2,1-3H3,(H,41,44). The maximum Gasteiger partial charge on any atom is 0.416 e. The van der Waals surface area contributed by atoms with Crippen molar-refractivity contribution in [1.82, 2.24) is 4.57 Å². The molecule has 3 aromatic carbocycles. The van der Waals surface area contributed by atoms with Gasteiger partial charge in [0.1, 0.15) is 11.8 Å². The van der Waals surface area contributed by atoms with Crippen LogP contribution >= 0.6 is 23.1 Å². The number of imide groups is 1. The van der Waals surface area contributed by atoms with Crippen LogP contribution < -0.4 is 15.1 Å². The summed E-state index contributed by atoms with van der Waals surface area (Å²) < 4.78 is 81.5. The SMILES string of the molecule is CC(C)(C)c1ccc(C2c3sc(=O)n(CC(=O)Nc4cccc(C(F)(F)F)c4)c3SC3C(=O)N(c4cccc(C(F)(F)F)c4)C(=O)C32)cc1. The first-order chi connectivity index (χ1) is 22.8. The number of alkyl halides is 6. The number of aromatic nitrogens is 1. The molecule has 2 aliphatic rings. The molecule has 15 heteroatoms. The fraction of sp³-hybridized carbons (Fsp3) is 0.294. The molecule has 3 atom stereocenters. The van der Waals surface area contributed by atoms with E-state index in [1.54, 1.807) is 12.1 Å². The lowest BCUT2D eigenvalue weighted by Gasteiger charge is -2.31. The molecule has 1 aromatic heterocycles. The van der Waals surface area contributed by atoms with Gasteiger partial charge in [0.15, 0.2) is 0 Å². The van der Waals surface area contributed by atoms with E-state index in [1.807, 2.05) is 32.9 Å². The Morgan fingerprint density at radius 3 is 2.02 bits per heavy atom. The molecular formula is C34H27F6N3O4S2. The van der Waals surface area contributed by atoms with Crippen LogP contribution in [-0.4, -0.2) is 27.5 Å². The molecule has 1 fully saturated rings. The molecule has 3 unspecified atom stereocenters. The molecule has 4 aromatic rings. The van der Waals surface area contributed by atoms with Crippen molar-refractivity contribution in [2.45, 2.75) is 61.3 Å². The second-order valence-electron chi connectivity index (χ2n) is 12.7. The van der Waals surface area contributed by atoms with Gasteiger partial charge >= 0.3 is 17.2 Å². The van der Waals surface area contributed by atoms with Crippen LogP contribution in [0.4, 0.5) is 37.7 Å². The first-order valence-corrected chi connectivity index (χ1v) is 16.6. The number of nitrogens with zero attached hydrogens (tertiary/aromatic N) is 2. The molecule has 0 spiro atoms. The molecule has 256 valence electrons. The summed E-state index contributed by atoms with van der Waals surface area (Å²) in [6, 6.07) is 15.2. The molecule has 1 saturated heterocycles. The number of halogens is 6. The molecule has 3 heterocycles. The van der Waals surface area contributed by atoms with Gasteiger partial charge in [0, 0.05) is 16.5 Å². The van der Waals surface area contributed by atoms with E-state index >= 15 is 0 Å². The smallest absolute Gasteiger partial charge is 0.325 e. The van der Waals surface area contributed by atoms with E-state index in [1.165, 1.54) is 12.1 Å². The van der Waals surface area contributed by atoms with Crippen LogP contribution in [0.15, 0.2) is 82.6 Å². The second-order valence-corrected chi connectivity index (χ2v) is 14.8. The predicted molar refractivity (Wildman–Crippen MR) is 173 cm³/mol. The summed E-state index contributed by atoms with van der Waals surface area (Å²) in [6.07, 6.45) is -9.37. The molecule has 0 saturated carbocycles. The highest BCUT2D eigenvalue weighted by molar-refractivity contribution is 8.00. The minimum absolute atomic E-state index is 0.144. The van der Waals surface area contributed by atoms with E-state index in [9.17, 15) is 45.5 Å². The molecule has 49 heavy (non-hydrogen) atoms. The maximum absolute atomic E-state index is 14.1. The topological polar surface area (TPSA) is 88.5 Å². The number of carbonyl (C=O) groups is 3. The molecule has 0 bridgehead atoms. The van der Waals surface area contributed by atoms with E-state index in [2.05, 4.69) is 5.32 Å². The fourth-order valence-electron chi connectivity index (χ4n) is 6.00. The summed E-state index contributed by atoms with van der Waals surface area (Å²) in [5, 5.41) is 1.43. The third-order valence-electron chi connectivity index (χ3n) is 8.39. The second kappa shape index (κ2) is 12.2. The molecule has 3 amide bonds. The highest BCUT2D eigenvalue weighted by Gasteiger charge is 2.57.